The molecule has 3 atom stereocenters. The van der Waals surface area contributed by atoms with Gasteiger partial charge in [0.15, 0.2) is 0 Å². The summed E-state index contributed by atoms with van der Waals surface area (Å²) in [4.78, 5) is 0. The smallest absolute Gasteiger partial charge is 0.0662 e. The summed E-state index contributed by atoms with van der Waals surface area (Å²) in [6.45, 7) is 4.13. The van der Waals surface area contributed by atoms with Crippen molar-refractivity contribution in [3.05, 3.63) is 0 Å². The second-order valence-electron chi connectivity index (χ2n) is 4.29. The topological polar surface area (TPSA) is 32.3 Å². The van der Waals surface area contributed by atoms with Crippen LogP contribution in [0.25, 0.3) is 0 Å². The zero-order valence-electron chi connectivity index (χ0n) is 8.43. The predicted molar refractivity (Wildman–Crippen MR) is 51.1 cm³/mol. The van der Waals surface area contributed by atoms with Gasteiger partial charge >= 0.3 is 0 Å². The van der Waals surface area contributed by atoms with Crippen molar-refractivity contribution in [1.82, 2.24) is 5.32 Å². The lowest BCUT2D eigenvalue weighted by atomic mass is 9.73. The van der Waals surface area contributed by atoms with Crippen molar-refractivity contribution in [2.75, 3.05) is 7.05 Å². The molecule has 1 rings (SSSR count). The van der Waals surface area contributed by atoms with E-state index in [0.717, 1.165) is 12.8 Å². The van der Waals surface area contributed by atoms with Gasteiger partial charge in [-0.1, -0.05) is 12.8 Å². The van der Waals surface area contributed by atoms with Crippen LogP contribution in [-0.4, -0.2) is 23.8 Å². The Morgan fingerprint density at radius 1 is 1.50 bits per heavy atom. The van der Waals surface area contributed by atoms with E-state index in [1.54, 1.807) is 0 Å². The molecule has 0 aliphatic heterocycles. The Bertz CT molecular complexity index is 145. The molecule has 0 spiro atoms. The van der Waals surface area contributed by atoms with Crippen LogP contribution in [-0.2, 0) is 0 Å². The van der Waals surface area contributed by atoms with Gasteiger partial charge in [-0.3, -0.25) is 0 Å². The summed E-state index contributed by atoms with van der Waals surface area (Å²) in [6.07, 6.45) is 4.57. The molecule has 0 bridgehead atoms. The molecule has 0 amide bonds. The van der Waals surface area contributed by atoms with Gasteiger partial charge < -0.3 is 10.4 Å². The van der Waals surface area contributed by atoms with E-state index < -0.39 is 5.60 Å². The van der Waals surface area contributed by atoms with E-state index in [1.165, 1.54) is 12.8 Å². The van der Waals surface area contributed by atoms with Crippen LogP contribution in [0.2, 0.25) is 0 Å². The van der Waals surface area contributed by atoms with Crippen molar-refractivity contribution in [3.8, 4) is 0 Å². The average Bonchev–Trinajstić information content (AvgIpc) is 2.02. The van der Waals surface area contributed by atoms with Crippen molar-refractivity contribution in [1.29, 1.82) is 0 Å². The molecule has 0 aromatic heterocycles. The first-order valence-electron chi connectivity index (χ1n) is 4.97. The minimum atomic E-state index is -0.444. The molecule has 0 aromatic rings. The molecular weight excluding hydrogens is 150 g/mol. The third kappa shape index (κ3) is 1.99. The van der Waals surface area contributed by atoms with Gasteiger partial charge in [0.2, 0.25) is 0 Å². The van der Waals surface area contributed by atoms with Crippen molar-refractivity contribution in [2.45, 2.75) is 51.2 Å². The third-order valence-electron chi connectivity index (χ3n) is 3.31. The fourth-order valence-corrected chi connectivity index (χ4v) is 2.33. The summed E-state index contributed by atoms with van der Waals surface area (Å²) in [7, 11) is 1.97. The first-order valence-corrected chi connectivity index (χ1v) is 4.97. The van der Waals surface area contributed by atoms with Crippen molar-refractivity contribution < 1.29 is 5.11 Å². The van der Waals surface area contributed by atoms with Gasteiger partial charge in [0, 0.05) is 12.0 Å². The van der Waals surface area contributed by atoms with Crippen LogP contribution < -0.4 is 5.32 Å². The van der Waals surface area contributed by atoms with Crippen molar-refractivity contribution >= 4 is 0 Å². The number of aliphatic hydroxyl groups is 1. The Hall–Kier alpha value is -0.0800. The highest BCUT2D eigenvalue weighted by Gasteiger charge is 2.36. The summed E-state index contributed by atoms with van der Waals surface area (Å²) in [5, 5.41) is 13.3. The molecule has 1 aliphatic carbocycles. The molecular formula is C10H21NO. The van der Waals surface area contributed by atoms with Crippen LogP contribution in [0.3, 0.4) is 0 Å². The van der Waals surface area contributed by atoms with Crippen LogP contribution in [0.15, 0.2) is 0 Å². The molecule has 12 heavy (non-hydrogen) atoms. The second kappa shape index (κ2) is 3.75. The van der Waals surface area contributed by atoms with Crippen molar-refractivity contribution in [2.24, 2.45) is 5.92 Å². The first kappa shape index (κ1) is 10.0. The van der Waals surface area contributed by atoms with E-state index in [4.69, 9.17) is 0 Å². The van der Waals surface area contributed by atoms with E-state index in [0.29, 0.717) is 12.0 Å². The lowest BCUT2D eigenvalue weighted by Gasteiger charge is -2.40. The summed E-state index contributed by atoms with van der Waals surface area (Å²) in [6, 6.07) is 0.431. The molecule has 1 fully saturated rings. The molecule has 2 N–H and O–H groups in total. The maximum absolute atomic E-state index is 10.1. The van der Waals surface area contributed by atoms with Gasteiger partial charge in [0.25, 0.3) is 0 Å². The predicted octanol–water partition coefficient (Wildman–Crippen LogP) is 1.54. The summed E-state index contributed by atoms with van der Waals surface area (Å²) in [5.74, 6) is 0.427. The van der Waals surface area contributed by atoms with Crippen LogP contribution in [0.1, 0.15) is 39.5 Å². The summed E-state index contributed by atoms with van der Waals surface area (Å²) in [5.41, 5.74) is -0.444. The monoisotopic (exact) mass is 171 g/mol. The van der Waals surface area contributed by atoms with Crippen LogP contribution in [0.4, 0.5) is 0 Å². The Morgan fingerprint density at radius 2 is 2.17 bits per heavy atom. The lowest BCUT2D eigenvalue weighted by Crippen LogP contribution is -2.47. The largest absolute Gasteiger partial charge is 0.390 e. The molecule has 2 heteroatoms. The maximum Gasteiger partial charge on any atom is 0.0662 e. The van der Waals surface area contributed by atoms with E-state index in [1.807, 2.05) is 14.0 Å². The van der Waals surface area contributed by atoms with E-state index in [2.05, 4.69) is 12.2 Å². The van der Waals surface area contributed by atoms with Crippen LogP contribution >= 0.6 is 0 Å². The molecule has 1 aliphatic rings. The highest BCUT2D eigenvalue weighted by molar-refractivity contribution is 4.90. The van der Waals surface area contributed by atoms with Crippen LogP contribution in [0.5, 0.6) is 0 Å². The molecule has 3 unspecified atom stereocenters. The highest BCUT2D eigenvalue weighted by atomic mass is 16.3. The second-order valence-corrected chi connectivity index (χ2v) is 4.29. The van der Waals surface area contributed by atoms with E-state index >= 15 is 0 Å². The Labute approximate surface area is 75.4 Å². The number of hydrogen-bond donors (Lipinski definition) is 2. The van der Waals surface area contributed by atoms with Gasteiger partial charge in [0.1, 0.15) is 0 Å². The standard InChI is InChI=1S/C10H21NO/c1-8(11-3)9-6-4-5-7-10(9,2)12/h8-9,11-12H,4-7H2,1-3H3. The zero-order valence-corrected chi connectivity index (χ0v) is 8.43. The zero-order chi connectivity index (χ0) is 9.19. The first-order chi connectivity index (χ1) is 5.58. The molecule has 1 saturated carbocycles. The molecule has 0 radical (unpaired) electrons. The number of hydrogen-bond acceptors (Lipinski definition) is 2. The number of nitrogens with one attached hydrogen (secondary N) is 1. The Kier molecular flexibility index (Phi) is 3.13. The Balaban J connectivity index is 2.59. The highest BCUT2D eigenvalue weighted by Crippen LogP contribution is 2.35. The van der Waals surface area contributed by atoms with Gasteiger partial charge in [-0.05, 0) is 33.7 Å². The fraction of sp³-hybridized carbons (Fsp3) is 1.00. The minimum absolute atomic E-state index is 0.427. The summed E-state index contributed by atoms with van der Waals surface area (Å²) < 4.78 is 0. The lowest BCUT2D eigenvalue weighted by molar-refractivity contribution is -0.0432. The fourth-order valence-electron chi connectivity index (χ4n) is 2.33. The Morgan fingerprint density at radius 3 is 2.67 bits per heavy atom. The van der Waals surface area contributed by atoms with Gasteiger partial charge in [-0.25, -0.2) is 0 Å². The van der Waals surface area contributed by atoms with Gasteiger partial charge in [-0.2, -0.15) is 0 Å². The molecule has 0 aromatic carbocycles. The molecule has 0 heterocycles. The van der Waals surface area contributed by atoms with Gasteiger partial charge in [-0.15, -0.1) is 0 Å². The normalized spacial score (nSPS) is 39.5. The van der Waals surface area contributed by atoms with Crippen LogP contribution in [0, 0.1) is 5.92 Å². The van der Waals surface area contributed by atoms with Crippen molar-refractivity contribution in [3.63, 3.8) is 0 Å². The van der Waals surface area contributed by atoms with Gasteiger partial charge in [0.05, 0.1) is 5.60 Å². The SMILES string of the molecule is CNC(C)C1CCCCC1(C)O. The molecule has 2 nitrogen and oxygen atoms in total. The molecule has 72 valence electrons. The summed E-state index contributed by atoms with van der Waals surface area (Å²) >= 11 is 0. The maximum atomic E-state index is 10.1. The van der Waals surface area contributed by atoms with E-state index in [9.17, 15) is 5.11 Å². The molecule has 0 saturated heterocycles. The third-order valence-corrected chi connectivity index (χ3v) is 3.31. The number of rotatable bonds is 2. The van der Waals surface area contributed by atoms with E-state index in [-0.39, 0.29) is 0 Å². The average molecular weight is 171 g/mol. The quantitative estimate of drug-likeness (QED) is 0.660. The minimum Gasteiger partial charge on any atom is -0.390 e.